The van der Waals surface area contributed by atoms with Gasteiger partial charge >= 0.3 is 57.7 Å². The number of nitrogens with zero attached hydrogens (tertiary/aromatic N) is 7. The van der Waals surface area contributed by atoms with Crippen LogP contribution in [0.15, 0.2) is 78.9 Å². The van der Waals surface area contributed by atoms with Crippen molar-refractivity contribution in [2.24, 2.45) is 0 Å². The zero-order chi connectivity index (χ0) is 48.2. The molecule has 0 bridgehead atoms. The fraction of sp³-hybridized carbons (Fsp3) is 0.341. The first-order chi connectivity index (χ1) is 29.7. The zero-order valence-electron chi connectivity index (χ0n) is 37.8. The molecule has 0 amide bonds. The van der Waals surface area contributed by atoms with Gasteiger partial charge in [-0.2, -0.15) is 10.5 Å². The summed E-state index contributed by atoms with van der Waals surface area (Å²) in [6, 6.07) is 27.8. The summed E-state index contributed by atoms with van der Waals surface area (Å²) in [6.45, 7) is 11.4. The molecule has 5 aromatic rings. The van der Waals surface area contributed by atoms with Gasteiger partial charge in [-0.15, -0.1) is 0 Å². The monoisotopic (exact) mass is 1100 g/mol. The Balaban J connectivity index is -0.000000966. The van der Waals surface area contributed by atoms with Gasteiger partial charge in [0.05, 0.1) is 42.5 Å². The van der Waals surface area contributed by atoms with Crippen LogP contribution in [0.25, 0.3) is 21.5 Å². The minimum absolute atomic E-state index is 0. The van der Waals surface area contributed by atoms with Crippen LogP contribution in [-0.4, -0.2) is 92.4 Å². The summed E-state index contributed by atoms with van der Waals surface area (Å²) < 4.78 is 10.4. The number of hydrogen-bond donors (Lipinski definition) is 0. The van der Waals surface area contributed by atoms with Crippen molar-refractivity contribution in [3.8, 4) is 35.1 Å². The molecule has 5 aromatic carbocycles. The Hall–Kier alpha value is -5.55. The number of nitriles is 2. The number of likely N-dealkylation sites (N-methyl/N-ethyl adjacent to an activating group) is 3. The van der Waals surface area contributed by atoms with Crippen molar-refractivity contribution in [1.29, 1.82) is 10.5 Å². The van der Waals surface area contributed by atoms with Gasteiger partial charge in [-0.05, 0) is 97.0 Å². The van der Waals surface area contributed by atoms with Crippen LogP contribution in [0.4, 0.5) is 0 Å². The Labute approximate surface area is 422 Å². The van der Waals surface area contributed by atoms with Crippen molar-refractivity contribution in [1.82, 2.24) is 14.7 Å². The van der Waals surface area contributed by atoms with E-state index in [2.05, 4.69) is 21.7 Å². The number of rotatable bonds is 13. The van der Waals surface area contributed by atoms with E-state index in [4.69, 9.17) is 50.6 Å². The van der Waals surface area contributed by atoms with E-state index in [0.717, 1.165) is 70.0 Å². The van der Waals surface area contributed by atoms with Crippen molar-refractivity contribution in [2.45, 2.75) is 40.8 Å². The molecular weight excluding hydrogens is 1050 g/mol. The third-order valence-corrected chi connectivity index (χ3v) is 8.57. The molecule has 19 nitrogen and oxygen atoms in total. The van der Waals surface area contributed by atoms with Crippen LogP contribution >= 0.6 is 0 Å². The predicted octanol–water partition coefficient (Wildman–Crippen LogP) is 4.90. The van der Waals surface area contributed by atoms with Gasteiger partial charge in [0.2, 0.25) is 0 Å². The smallest absolute Gasteiger partial charge is 0.870 e. The van der Waals surface area contributed by atoms with Gasteiger partial charge < -0.3 is 74.9 Å². The molecule has 0 N–H and O–H groups in total. The number of carboxylic acid groups (broad SMARTS) is 1. The average Bonchev–Trinajstić information content (AvgIpc) is 3.21. The number of ether oxygens (including phenoxy) is 2. The number of methoxy groups -OCH3 is 2. The van der Waals surface area contributed by atoms with E-state index in [1.165, 1.54) is 28.1 Å². The van der Waals surface area contributed by atoms with Crippen molar-refractivity contribution in [3.63, 3.8) is 0 Å². The standard InChI is InChI=1S/C25H39N3O4.C15H10O2.2C2H3N.Dy.2NO3.Zn/c1-18-12-20(24(29)22(14-18)31-6)16-27(4)10-8-26(3)9-11-28(5)17-21-13-19(2)15-23(32-7)25(21)30;16-15(17)14-12-7-3-1-5-10(12)9-11-6-2-4-8-13(11)14;2*1-2-3;;2*2-1(3)4;/h12-15,29-30H,8-11,16-17H2,1-7H3;1-9H,(H,16,17);2*1H3;;;;/q;;;;+3;2*-1;+2/p-3. The van der Waals surface area contributed by atoms with E-state index in [0.29, 0.717) is 24.6 Å². The van der Waals surface area contributed by atoms with Crippen molar-refractivity contribution >= 4 is 27.5 Å². The van der Waals surface area contributed by atoms with E-state index >= 15 is 0 Å². The third kappa shape index (κ3) is 24.9. The molecule has 347 valence electrons. The van der Waals surface area contributed by atoms with Gasteiger partial charge in [0.15, 0.2) is 0 Å². The SMILES string of the molecule is CC#N.CC#N.COc1cc(C)cc(CN(C)CCN(C)CCN(C)Cc2cc(C)cc(OC)c2[O-])c1[O-].O=C([O-])c1c2ccccc2cc2ccccc12.O=[N+]([O-])[O-].O=[N+]([O-])[O-].[Dy+3].[Zn+2]. The van der Waals surface area contributed by atoms with Crippen LogP contribution in [0.2, 0.25) is 0 Å². The molecule has 0 fully saturated rings. The van der Waals surface area contributed by atoms with E-state index in [1.807, 2.05) is 94.7 Å². The average molecular weight is 1100 g/mol. The molecule has 0 aliphatic heterocycles. The molecule has 0 aliphatic carbocycles. The fourth-order valence-corrected chi connectivity index (χ4v) is 5.93. The largest absolute Gasteiger partial charge is 3.00 e. The molecule has 1 radical (unpaired) electrons. The number of fused-ring (bicyclic) bond motifs is 2. The van der Waals surface area contributed by atoms with Gasteiger partial charge in [0.25, 0.3) is 0 Å². The molecule has 0 spiro atoms. The molecule has 0 aromatic heterocycles. The quantitative estimate of drug-likeness (QED) is 0.0655. The summed E-state index contributed by atoms with van der Waals surface area (Å²) in [6.07, 6.45) is 0. The third-order valence-electron chi connectivity index (χ3n) is 8.57. The van der Waals surface area contributed by atoms with Crippen molar-refractivity contribution in [3.05, 3.63) is 137 Å². The number of carbonyl (C=O) groups is 1. The van der Waals surface area contributed by atoms with Gasteiger partial charge in [0.1, 0.15) is 11.5 Å². The summed E-state index contributed by atoms with van der Waals surface area (Å²) in [7, 11) is 9.20. The second-order valence-corrected chi connectivity index (χ2v) is 13.6. The Kier molecular flexibility index (Phi) is 34.1. The minimum atomic E-state index is -1.75. The second kappa shape index (κ2) is 34.8. The number of carboxylic acids is 1. The zero-order valence-corrected chi connectivity index (χ0v) is 42.8. The Morgan fingerprint density at radius 3 is 1.22 bits per heavy atom. The molecule has 0 heterocycles. The first kappa shape index (κ1) is 63.7. The summed E-state index contributed by atoms with van der Waals surface area (Å²) in [4.78, 5) is 34.4. The summed E-state index contributed by atoms with van der Waals surface area (Å²) >= 11 is 0. The van der Waals surface area contributed by atoms with E-state index in [-0.39, 0.29) is 74.7 Å². The second-order valence-electron chi connectivity index (χ2n) is 13.6. The Morgan fingerprint density at radius 2 is 0.923 bits per heavy atom. The summed E-state index contributed by atoms with van der Waals surface area (Å²) in [5, 5.41) is 83.6. The number of aryl methyl sites for hydroxylation is 2. The maximum absolute atomic E-state index is 12.4. The molecule has 21 heteroatoms. The van der Waals surface area contributed by atoms with Gasteiger partial charge in [-0.3, -0.25) is 0 Å². The van der Waals surface area contributed by atoms with Crippen LogP contribution in [0.5, 0.6) is 23.0 Å². The number of benzene rings is 5. The van der Waals surface area contributed by atoms with Crippen LogP contribution in [0.1, 0.15) is 46.5 Å². The predicted molar refractivity (Wildman–Crippen MR) is 234 cm³/mol. The topological polar surface area (TPSA) is 294 Å². The Bertz CT molecular complexity index is 2170. The van der Waals surface area contributed by atoms with Crippen LogP contribution in [-0.2, 0) is 32.6 Å². The molecule has 0 atom stereocenters. The minimum Gasteiger partial charge on any atom is -0.870 e. The van der Waals surface area contributed by atoms with E-state index in [1.54, 1.807) is 24.3 Å². The molecule has 65 heavy (non-hydrogen) atoms. The summed E-state index contributed by atoms with van der Waals surface area (Å²) in [5.41, 5.74) is 3.84. The van der Waals surface area contributed by atoms with Gasteiger partial charge in [-0.25, -0.2) is 0 Å². The first-order valence-electron chi connectivity index (χ1n) is 18.8. The first-order valence-corrected chi connectivity index (χ1v) is 18.8. The number of hydrogen-bond acceptors (Lipinski definition) is 17. The maximum atomic E-state index is 12.4. The maximum Gasteiger partial charge on any atom is 3.00 e. The van der Waals surface area contributed by atoms with Crippen LogP contribution < -0.4 is 24.8 Å². The van der Waals surface area contributed by atoms with Crippen molar-refractivity contribution < 1.29 is 97.4 Å². The normalized spacial score (nSPS) is 9.51. The van der Waals surface area contributed by atoms with Gasteiger partial charge in [-0.1, -0.05) is 72.2 Å². The van der Waals surface area contributed by atoms with Crippen LogP contribution in [0.3, 0.4) is 0 Å². The van der Waals surface area contributed by atoms with Crippen LogP contribution in [0, 0.1) is 105 Å². The molecule has 0 saturated carbocycles. The van der Waals surface area contributed by atoms with Crippen molar-refractivity contribution in [2.75, 3.05) is 61.5 Å². The number of carbonyl (C=O) groups excluding carboxylic acids is 1. The molecule has 5 rings (SSSR count). The molecule has 0 unspecified atom stereocenters. The fourth-order valence-electron chi connectivity index (χ4n) is 5.93. The molecule has 0 aliphatic rings. The van der Waals surface area contributed by atoms with E-state index in [9.17, 15) is 20.1 Å². The van der Waals surface area contributed by atoms with E-state index < -0.39 is 16.1 Å². The summed E-state index contributed by atoms with van der Waals surface area (Å²) in [5.74, 6) is -0.393. The molecule has 0 saturated heterocycles. The van der Waals surface area contributed by atoms with Gasteiger partial charge in [0, 0.05) is 58.7 Å². The Morgan fingerprint density at radius 1 is 0.631 bits per heavy atom. The number of aromatic carboxylic acids is 1. The molecular formula is C44H52DyN7O12Zn.